The SMILES string of the molecule is CCN(c1ccccc1)S(=O)(=O)c1ccc(OC)c(NS(=O)(=O)c2cc(C)sc2C)c1. The second kappa shape index (κ2) is 8.89. The minimum Gasteiger partial charge on any atom is -0.495 e. The highest BCUT2D eigenvalue weighted by Gasteiger charge is 2.26. The van der Waals surface area contributed by atoms with E-state index in [1.807, 2.05) is 6.92 Å². The fraction of sp³-hybridized carbons (Fsp3) is 0.238. The van der Waals surface area contributed by atoms with Gasteiger partial charge in [-0.1, -0.05) is 18.2 Å². The van der Waals surface area contributed by atoms with Gasteiger partial charge in [0.15, 0.2) is 0 Å². The smallest absolute Gasteiger partial charge is 0.264 e. The molecule has 0 saturated carbocycles. The lowest BCUT2D eigenvalue weighted by Crippen LogP contribution is -2.30. The van der Waals surface area contributed by atoms with Gasteiger partial charge in [-0.15, -0.1) is 11.3 Å². The molecule has 0 aliphatic heterocycles. The Balaban J connectivity index is 2.05. The van der Waals surface area contributed by atoms with E-state index in [2.05, 4.69) is 4.72 Å². The highest BCUT2D eigenvalue weighted by atomic mass is 32.2. The summed E-state index contributed by atoms with van der Waals surface area (Å²) in [6.07, 6.45) is 0. The summed E-state index contributed by atoms with van der Waals surface area (Å²) >= 11 is 1.38. The molecule has 0 aliphatic rings. The standard InChI is InChI=1S/C21H24N2O5S3/c1-5-23(17-9-7-6-8-10-17)31(26,27)18-11-12-20(28-4)19(14-18)22-30(24,25)21-13-15(2)29-16(21)3/h6-14,22H,5H2,1-4H3. The summed E-state index contributed by atoms with van der Waals surface area (Å²) in [5, 5.41) is 0. The maximum absolute atomic E-state index is 13.3. The minimum absolute atomic E-state index is 0.0464. The molecule has 0 amide bonds. The summed E-state index contributed by atoms with van der Waals surface area (Å²) in [4.78, 5) is 1.62. The number of para-hydroxylation sites is 1. The topological polar surface area (TPSA) is 92.8 Å². The van der Waals surface area contributed by atoms with E-state index in [4.69, 9.17) is 4.74 Å². The Labute approximate surface area is 187 Å². The molecule has 1 N–H and O–H groups in total. The molecule has 1 aromatic heterocycles. The number of hydrogen-bond donors (Lipinski definition) is 1. The van der Waals surface area contributed by atoms with Gasteiger partial charge in [0, 0.05) is 16.3 Å². The van der Waals surface area contributed by atoms with Crippen LogP contribution in [0, 0.1) is 13.8 Å². The molecule has 0 saturated heterocycles. The maximum atomic E-state index is 13.3. The molecule has 7 nitrogen and oxygen atoms in total. The number of nitrogens with one attached hydrogen (secondary N) is 1. The van der Waals surface area contributed by atoms with Crippen LogP contribution in [0.25, 0.3) is 0 Å². The van der Waals surface area contributed by atoms with E-state index in [9.17, 15) is 16.8 Å². The summed E-state index contributed by atoms with van der Waals surface area (Å²) in [6.45, 7) is 5.50. The van der Waals surface area contributed by atoms with E-state index < -0.39 is 20.0 Å². The van der Waals surface area contributed by atoms with Gasteiger partial charge < -0.3 is 4.74 Å². The van der Waals surface area contributed by atoms with E-state index in [0.29, 0.717) is 10.6 Å². The maximum Gasteiger partial charge on any atom is 0.264 e. The fourth-order valence-corrected chi connectivity index (χ4v) is 7.33. The van der Waals surface area contributed by atoms with Gasteiger partial charge in [-0.05, 0) is 57.2 Å². The Bertz CT molecular complexity index is 1280. The summed E-state index contributed by atoms with van der Waals surface area (Å²) in [5.74, 6) is 0.217. The Hall–Kier alpha value is -2.56. The largest absolute Gasteiger partial charge is 0.495 e. The normalized spacial score (nSPS) is 11.9. The van der Waals surface area contributed by atoms with Crippen LogP contribution < -0.4 is 13.8 Å². The van der Waals surface area contributed by atoms with Gasteiger partial charge in [0.05, 0.1) is 23.4 Å². The molecule has 10 heteroatoms. The molecule has 0 radical (unpaired) electrons. The van der Waals surface area contributed by atoms with Crippen LogP contribution in [0.4, 0.5) is 11.4 Å². The van der Waals surface area contributed by atoms with Gasteiger partial charge in [0.1, 0.15) is 10.6 Å². The van der Waals surface area contributed by atoms with Gasteiger partial charge in [-0.3, -0.25) is 9.03 Å². The number of ether oxygens (including phenoxy) is 1. The number of nitrogens with zero attached hydrogens (tertiary/aromatic N) is 1. The Morgan fingerprint density at radius 2 is 1.68 bits per heavy atom. The molecule has 2 aromatic carbocycles. The number of aryl methyl sites for hydroxylation is 2. The molecule has 0 atom stereocenters. The van der Waals surface area contributed by atoms with E-state index in [0.717, 1.165) is 4.88 Å². The Morgan fingerprint density at radius 3 is 2.23 bits per heavy atom. The molecule has 0 aliphatic carbocycles. The number of anilines is 2. The number of sulfonamides is 2. The number of hydrogen-bond acceptors (Lipinski definition) is 6. The summed E-state index contributed by atoms with van der Waals surface area (Å²) in [7, 11) is -6.46. The number of thiophene rings is 1. The monoisotopic (exact) mass is 480 g/mol. The van der Waals surface area contributed by atoms with E-state index in [1.54, 1.807) is 50.2 Å². The molecular weight excluding hydrogens is 456 g/mol. The zero-order valence-electron chi connectivity index (χ0n) is 17.6. The van der Waals surface area contributed by atoms with Gasteiger partial charge in [0.25, 0.3) is 20.0 Å². The third-order valence-electron chi connectivity index (χ3n) is 4.62. The van der Waals surface area contributed by atoms with Gasteiger partial charge in [-0.25, -0.2) is 16.8 Å². The summed E-state index contributed by atoms with van der Waals surface area (Å²) in [5.41, 5.74) is 0.572. The predicted molar refractivity (Wildman–Crippen MR) is 124 cm³/mol. The molecule has 0 fully saturated rings. The Kier molecular flexibility index (Phi) is 6.63. The van der Waals surface area contributed by atoms with E-state index in [1.165, 1.54) is 41.0 Å². The zero-order chi connectivity index (χ0) is 22.8. The van der Waals surface area contributed by atoms with Crippen molar-refractivity contribution in [2.75, 3.05) is 22.7 Å². The van der Waals surface area contributed by atoms with Crippen LogP contribution >= 0.6 is 11.3 Å². The minimum atomic E-state index is -3.93. The molecule has 0 bridgehead atoms. The molecule has 166 valence electrons. The molecule has 0 unspecified atom stereocenters. The van der Waals surface area contributed by atoms with Crippen LogP contribution in [0.3, 0.4) is 0 Å². The van der Waals surface area contributed by atoms with Crippen LogP contribution in [0.1, 0.15) is 16.7 Å². The molecule has 1 heterocycles. The van der Waals surface area contributed by atoms with Gasteiger partial charge in [-0.2, -0.15) is 0 Å². The van der Waals surface area contributed by atoms with Crippen molar-refractivity contribution in [2.24, 2.45) is 0 Å². The highest BCUT2D eigenvalue weighted by molar-refractivity contribution is 7.93. The van der Waals surface area contributed by atoms with Crippen LogP contribution in [0.2, 0.25) is 0 Å². The van der Waals surface area contributed by atoms with Gasteiger partial charge >= 0.3 is 0 Å². The second-order valence-corrected chi connectivity index (χ2v) is 11.7. The molecular formula is C21H24N2O5S3. The first-order valence-corrected chi connectivity index (χ1v) is 13.2. The van der Waals surface area contributed by atoms with Crippen molar-refractivity contribution in [1.82, 2.24) is 0 Å². The van der Waals surface area contributed by atoms with Crippen molar-refractivity contribution in [1.29, 1.82) is 0 Å². The zero-order valence-corrected chi connectivity index (χ0v) is 20.1. The third-order valence-corrected chi connectivity index (χ3v) is 9.11. The highest BCUT2D eigenvalue weighted by Crippen LogP contribution is 2.33. The Morgan fingerprint density at radius 1 is 1.00 bits per heavy atom. The first kappa shape index (κ1) is 23.1. The first-order valence-electron chi connectivity index (χ1n) is 9.46. The quantitative estimate of drug-likeness (QED) is 0.516. The molecule has 3 aromatic rings. The van der Waals surface area contributed by atoms with E-state index >= 15 is 0 Å². The van der Waals surface area contributed by atoms with E-state index in [-0.39, 0.29) is 27.8 Å². The average molecular weight is 481 g/mol. The average Bonchev–Trinajstić information content (AvgIpc) is 3.08. The lowest BCUT2D eigenvalue weighted by molar-refractivity contribution is 0.416. The van der Waals surface area contributed by atoms with Gasteiger partial charge in [0.2, 0.25) is 0 Å². The second-order valence-electron chi connectivity index (χ2n) is 6.75. The van der Waals surface area contributed by atoms with Crippen molar-refractivity contribution in [3.8, 4) is 5.75 Å². The lowest BCUT2D eigenvalue weighted by Gasteiger charge is -2.23. The van der Waals surface area contributed by atoms with Crippen molar-refractivity contribution >= 4 is 42.8 Å². The van der Waals surface area contributed by atoms with Crippen molar-refractivity contribution in [3.05, 3.63) is 64.4 Å². The first-order chi connectivity index (χ1) is 14.6. The lowest BCUT2D eigenvalue weighted by atomic mass is 10.3. The van der Waals surface area contributed by atoms with Crippen molar-refractivity contribution < 1.29 is 21.6 Å². The molecule has 0 spiro atoms. The molecule has 3 rings (SSSR count). The number of methoxy groups -OCH3 is 1. The van der Waals surface area contributed by atoms with Crippen LogP contribution in [0.15, 0.2) is 64.4 Å². The fourth-order valence-electron chi connectivity index (χ4n) is 3.21. The van der Waals surface area contributed by atoms with Crippen molar-refractivity contribution in [2.45, 2.75) is 30.6 Å². The summed E-state index contributed by atoms with van der Waals surface area (Å²) < 4.78 is 61.6. The number of benzene rings is 2. The van der Waals surface area contributed by atoms with Crippen LogP contribution in [-0.4, -0.2) is 30.5 Å². The van der Waals surface area contributed by atoms with Crippen LogP contribution in [0.5, 0.6) is 5.75 Å². The predicted octanol–water partition coefficient (Wildman–Crippen LogP) is 4.39. The molecule has 31 heavy (non-hydrogen) atoms. The number of rotatable bonds is 8. The summed E-state index contributed by atoms with van der Waals surface area (Å²) in [6, 6.07) is 14.4. The third kappa shape index (κ3) is 4.70. The van der Waals surface area contributed by atoms with Crippen LogP contribution in [-0.2, 0) is 20.0 Å². The van der Waals surface area contributed by atoms with Crippen molar-refractivity contribution in [3.63, 3.8) is 0 Å².